The predicted octanol–water partition coefficient (Wildman–Crippen LogP) is 2.05. The molecule has 0 spiro atoms. The van der Waals surface area contributed by atoms with E-state index in [1.54, 1.807) is 12.4 Å². The normalized spacial score (nSPS) is 18.0. The highest BCUT2D eigenvalue weighted by atomic mass is 32.1. The van der Waals surface area contributed by atoms with E-state index in [9.17, 15) is 4.79 Å². The minimum absolute atomic E-state index is 0.0661. The third-order valence-electron chi connectivity index (χ3n) is 4.20. The van der Waals surface area contributed by atoms with Gasteiger partial charge in [0.2, 0.25) is 11.8 Å². The molecule has 1 aliphatic rings. The average molecular weight is 335 g/mol. The second kappa shape index (κ2) is 6.76. The summed E-state index contributed by atoms with van der Waals surface area (Å²) in [5.74, 6) is 1.31. The average Bonchev–Trinajstić information content (AvgIpc) is 3.07. The zero-order valence-corrected chi connectivity index (χ0v) is 14.5. The molecule has 0 saturated carbocycles. The highest BCUT2D eigenvalue weighted by molar-refractivity contribution is 7.11. The van der Waals surface area contributed by atoms with Gasteiger partial charge in [0.05, 0.1) is 17.2 Å². The summed E-state index contributed by atoms with van der Waals surface area (Å²) in [7, 11) is 0. The van der Waals surface area contributed by atoms with E-state index < -0.39 is 0 Å². The second-order valence-electron chi connectivity index (χ2n) is 5.78. The molecule has 1 fully saturated rings. The summed E-state index contributed by atoms with van der Waals surface area (Å²) in [5, 5.41) is 8.01. The fraction of sp³-hybridized carbons (Fsp3) is 0.600. The first kappa shape index (κ1) is 16.1. The Morgan fingerprint density at radius 3 is 2.74 bits per heavy atom. The third kappa shape index (κ3) is 3.42. The molecule has 1 atom stereocenters. The number of amides is 1. The molecule has 1 aliphatic heterocycles. The number of carbonyl (C=O) groups is 1. The van der Waals surface area contributed by atoms with Gasteiger partial charge in [0.15, 0.2) is 0 Å². The molecule has 0 aliphatic carbocycles. The molecule has 2 aromatic heterocycles. The molecule has 1 saturated heterocycles. The Bertz CT molecular complexity index is 683. The number of aryl methyl sites for hydroxylation is 2. The van der Waals surface area contributed by atoms with Crippen LogP contribution < -0.4 is 0 Å². The number of hydrogen-bond donors (Lipinski definition) is 0. The fourth-order valence-electron chi connectivity index (χ4n) is 2.82. The smallest absolute Gasteiger partial charge is 0.265 e. The Kier molecular flexibility index (Phi) is 4.72. The van der Waals surface area contributed by atoms with Gasteiger partial charge in [0.1, 0.15) is 4.88 Å². The predicted molar refractivity (Wildman–Crippen MR) is 86.4 cm³/mol. The van der Waals surface area contributed by atoms with E-state index in [2.05, 4.69) is 27.0 Å². The molecule has 8 heteroatoms. The summed E-state index contributed by atoms with van der Waals surface area (Å²) in [6.07, 6.45) is 0.932. The third-order valence-corrected chi connectivity index (χ3v) is 5.12. The molecule has 3 heterocycles. The van der Waals surface area contributed by atoms with Gasteiger partial charge in [-0.1, -0.05) is 0 Å². The van der Waals surface area contributed by atoms with Gasteiger partial charge in [-0.3, -0.25) is 9.69 Å². The lowest BCUT2D eigenvalue weighted by atomic mass is 10.2. The van der Waals surface area contributed by atoms with E-state index >= 15 is 0 Å². The first-order valence-electron chi connectivity index (χ1n) is 7.79. The Labute approximate surface area is 139 Å². The van der Waals surface area contributed by atoms with Crippen molar-refractivity contribution in [2.24, 2.45) is 0 Å². The van der Waals surface area contributed by atoms with E-state index in [1.807, 2.05) is 11.8 Å². The molecule has 0 bridgehead atoms. The van der Waals surface area contributed by atoms with E-state index in [4.69, 9.17) is 4.42 Å². The van der Waals surface area contributed by atoms with Gasteiger partial charge in [0.25, 0.3) is 5.91 Å². The maximum Gasteiger partial charge on any atom is 0.265 e. The van der Waals surface area contributed by atoms with Gasteiger partial charge >= 0.3 is 0 Å². The molecule has 0 radical (unpaired) electrons. The topological polar surface area (TPSA) is 75.4 Å². The lowest BCUT2D eigenvalue weighted by molar-refractivity contribution is 0.0761. The summed E-state index contributed by atoms with van der Waals surface area (Å²) in [6, 6.07) is 0.0661. The zero-order chi connectivity index (χ0) is 16.4. The van der Waals surface area contributed by atoms with Crippen LogP contribution >= 0.6 is 11.3 Å². The van der Waals surface area contributed by atoms with Crippen LogP contribution in [0, 0.1) is 13.8 Å². The quantitative estimate of drug-likeness (QED) is 0.854. The Hall–Kier alpha value is -1.80. The molecule has 3 rings (SSSR count). The maximum atomic E-state index is 12.6. The van der Waals surface area contributed by atoms with Crippen LogP contribution in [0.1, 0.15) is 46.5 Å². The molecular weight excluding hydrogens is 314 g/mol. The highest BCUT2D eigenvalue weighted by Gasteiger charge is 2.26. The van der Waals surface area contributed by atoms with Gasteiger partial charge in [0, 0.05) is 33.1 Å². The minimum atomic E-state index is 0.0661. The van der Waals surface area contributed by atoms with Gasteiger partial charge in [-0.25, -0.2) is 4.98 Å². The van der Waals surface area contributed by atoms with Crippen LogP contribution in [-0.2, 0) is 0 Å². The van der Waals surface area contributed by atoms with Crippen LogP contribution in [0.3, 0.4) is 0 Å². The molecule has 0 aromatic carbocycles. The van der Waals surface area contributed by atoms with Gasteiger partial charge < -0.3 is 9.32 Å². The van der Waals surface area contributed by atoms with Crippen LogP contribution in [0.2, 0.25) is 0 Å². The van der Waals surface area contributed by atoms with Crippen molar-refractivity contribution in [1.82, 2.24) is 25.0 Å². The molecule has 0 unspecified atom stereocenters. The molecule has 1 amide bonds. The number of hydrogen-bond acceptors (Lipinski definition) is 7. The number of aromatic nitrogens is 3. The minimum Gasteiger partial charge on any atom is -0.424 e. The number of carbonyl (C=O) groups excluding carboxylic acids is 1. The second-order valence-corrected chi connectivity index (χ2v) is 6.64. The van der Waals surface area contributed by atoms with E-state index in [0.29, 0.717) is 18.3 Å². The van der Waals surface area contributed by atoms with Crippen molar-refractivity contribution in [3.63, 3.8) is 0 Å². The van der Waals surface area contributed by atoms with Crippen LogP contribution in [-0.4, -0.2) is 57.1 Å². The molecule has 2 aromatic rings. The molecular formula is C15H21N5O2S. The van der Waals surface area contributed by atoms with Crippen LogP contribution in [0.4, 0.5) is 0 Å². The zero-order valence-electron chi connectivity index (χ0n) is 13.7. The van der Waals surface area contributed by atoms with Crippen molar-refractivity contribution in [3.8, 4) is 0 Å². The van der Waals surface area contributed by atoms with Crippen molar-refractivity contribution in [1.29, 1.82) is 0 Å². The fourth-order valence-corrected chi connectivity index (χ4v) is 3.58. The number of nitrogens with zero attached hydrogens (tertiary/aromatic N) is 5. The summed E-state index contributed by atoms with van der Waals surface area (Å²) < 4.78 is 5.54. The largest absolute Gasteiger partial charge is 0.424 e. The van der Waals surface area contributed by atoms with E-state index in [1.165, 1.54) is 11.3 Å². The Balaban J connectivity index is 1.65. The molecule has 0 N–H and O–H groups in total. The van der Waals surface area contributed by atoms with Gasteiger partial charge in [-0.05, 0) is 20.3 Å². The summed E-state index contributed by atoms with van der Waals surface area (Å²) in [5.41, 5.74) is 2.54. The SMILES string of the molecule is Cc1nnc([C@@H](C)N2CCCN(C(=O)c3scnc3C)CC2)o1. The first-order chi connectivity index (χ1) is 11.1. The van der Waals surface area contributed by atoms with Gasteiger partial charge in [-0.15, -0.1) is 21.5 Å². The van der Waals surface area contributed by atoms with Crippen molar-refractivity contribution < 1.29 is 9.21 Å². The van der Waals surface area contributed by atoms with Crippen molar-refractivity contribution in [2.45, 2.75) is 33.2 Å². The van der Waals surface area contributed by atoms with E-state index in [-0.39, 0.29) is 11.9 Å². The van der Waals surface area contributed by atoms with Crippen molar-refractivity contribution in [2.75, 3.05) is 26.2 Å². The first-order valence-corrected chi connectivity index (χ1v) is 8.67. The van der Waals surface area contributed by atoms with Crippen LogP contribution in [0.15, 0.2) is 9.93 Å². The summed E-state index contributed by atoms with van der Waals surface area (Å²) in [6.45, 7) is 8.92. The Morgan fingerprint density at radius 1 is 1.26 bits per heavy atom. The van der Waals surface area contributed by atoms with Crippen molar-refractivity contribution >= 4 is 17.2 Å². The lowest BCUT2D eigenvalue weighted by Gasteiger charge is -2.25. The van der Waals surface area contributed by atoms with Crippen molar-refractivity contribution in [3.05, 3.63) is 27.9 Å². The van der Waals surface area contributed by atoms with Gasteiger partial charge in [-0.2, -0.15) is 0 Å². The lowest BCUT2D eigenvalue weighted by Crippen LogP contribution is -2.36. The monoisotopic (exact) mass is 335 g/mol. The standard InChI is InChI=1S/C15H21N5O2S/c1-10-13(23-9-16-10)15(21)20-6-4-5-19(7-8-20)11(2)14-18-17-12(3)22-14/h9,11H,4-8H2,1-3H3/t11-/m1/s1. The van der Waals surface area contributed by atoms with Crippen LogP contribution in [0.5, 0.6) is 0 Å². The molecule has 23 heavy (non-hydrogen) atoms. The Morgan fingerprint density at radius 2 is 2.09 bits per heavy atom. The summed E-state index contributed by atoms with van der Waals surface area (Å²) in [4.78, 5) is 21.8. The van der Waals surface area contributed by atoms with Crippen LogP contribution in [0.25, 0.3) is 0 Å². The maximum absolute atomic E-state index is 12.6. The van der Waals surface area contributed by atoms with E-state index in [0.717, 1.165) is 36.6 Å². The number of thiazole rings is 1. The molecule has 124 valence electrons. The summed E-state index contributed by atoms with van der Waals surface area (Å²) >= 11 is 1.42. The number of rotatable bonds is 3. The highest BCUT2D eigenvalue weighted by Crippen LogP contribution is 2.22. The molecule has 7 nitrogen and oxygen atoms in total.